The minimum absolute atomic E-state index is 0.985. The lowest BCUT2D eigenvalue weighted by atomic mass is 10.2. The first-order chi connectivity index (χ1) is 11.3. The van der Waals surface area contributed by atoms with Gasteiger partial charge in [-0.05, 0) is 58.6 Å². The quantitative estimate of drug-likeness (QED) is 0.422. The van der Waals surface area contributed by atoms with E-state index in [0.29, 0.717) is 0 Å². The topological polar surface area (TPSA) is 37.8 Å². The molecular weight excluding hydrogens is 390 g/mol. The van der Waals surface area contributed by atoms with Crippen LogP contribution in [0.1, 0.15) is 0 Å². The second-order valence-electron chi connectivity index (χ2n) is 4.99. The summed E-state index contributed by atoms with van der Waals surface area (Å²) in [6.07, 6.45) is 3.91. The molecule has 0 aliphatic heterocycles. The summed E-state index contributed by atoms with van der Waals surface area (Å²) >= 11 is 7.05. The first-order valence-corrected chi connectivity index (χ1v) is 9.87. The van der Waals surface area contributed by atoms with Crippen molar-refractivity contribution in [2.75, 3.05) is 11.6 Å². The Morgan fingerprint density at radius 2 is 2.00 bits per heavy atom. The van der Waals surface area contributed by atoms with Gasteiger partial charge in [-0.3, -0.25) is 4.98 Å². The summed E-state index contributed by atoms with van der Waals surface area (Å²) in [5.41, 5.74) is 5.89. The maximum atomic E-state index is 4.45. The minimum Gasteiger partial charge on any atom is -0.354 e. The Bertz CT molecular complexity index is 1010. The molecule has 0 aliphatic rings. The molecular formula is C17H12BrN3S2. The summed E-state index contributed by atoms with van der Waals surface area (Å²) in [6.45, 7) is 0. The lowest BCUT2D eigenvalue weighted by molar-refractivity contribution is 1.38. The van der Waals surface area contributed by atoms with E-state index in [4.69, 9.17) is 0 Å². The maximum Gasteiger partial charge on any atom is 0.0975 e. The van der Waals surface area contributed by atoms with Crippen LogP contribution in [-0.4, -0.2) is 16.2 Å². The number of fused-ring (bicyclic) bond motifs is 2. The van der Waals surface area contributed by atoms with Gasteiger partial charge in [0.15, 0.2) is 0 Å². The van der Waals surface area contributed by atoms with Crippen LogP contribution in [0.4, 0.5) is 11.4 Å². The molecule has 114 valence electrons. The van der Waals surface area contributed by atoms with Gasteiger partial charge >= 0.3 is 0 Å². The molecule has 4 aromatic rings. The van der Waals surface area contributed by atoms with Crippen LogP contribution in [-0.2, 0) is 0 Å². The van der Waals surface area contributed by atoms with Gasteiger partial charge in [-0.15, -0.1) is 23.1 Å². The highest BCUT2D eigenvalue weighted by molar-refractivity contribution is 9.10. The molecule has 0 amide bonds. The van der Waals surface area contributed by atoms with Crippen molar-refractivity contribution in [1.82, 2.24) is 9.97 Å². The van der Waals surface area contributed by atoms with Crippen LogP contribution in [0.25, 0.3) is 21.1 Å². The van der Waals surface area contributed by atoms with Crippen molar-refractivity contribution < 1.29 is 0 Å². The standard InChI is InChI=1S/C17H12BrN3S2/c1-22-10-2-3-12-11(8-10)13(6-7-19-12)21-14-4-5-15-17(16(14)18)20-9-23-15/h2-9H,1H3,(H,19,21). The Hall–Kier alpha value is -1.63. The van der Waals surface area contributed by atoms with E-state index in [-0.39, 0.29) is 0 Å². The van der Waals surface area contributed by atoms with E-state index in [0.717, 1.165) is 32.3 Å². The molecule has 2 heterocycles. The first kappa shape index (κ1) is 14.9. The highest BCUT2D eigenvalue weighted by Crippen LogP contribution is 2.36. The van der Waals surface area contributed by atoms with Crippen molar-refractivity contribution in [3.63, 3.8) is 0 Å². The number of aromatic nitrogens is 2. The molecule has 1 N–H and O–H groups in total. The van der Waals surface area contributed by atoms with Gasteiger partial charge < -0.3 is 5.32 Å². The summed E-state index contributed by atoms with van der Waals surface area (Å²) < 4.78 is 2.16. The normalized spacial score (nSPS) is 11.2. The molecule has 2 aromatic carbocycles. The molecule has 0 atom stereocenters. The van der Waals surface area contributed by atoms with Crippen LogP contribution < -0.4 is 5.32 Å². The van der Waals surface area contributed by atoms with Crippen LogP contribution in [0, 0.1) is 0 Å². The first-order valence-electron chi connectivity index (χ1n) is 6.98. The Morgan fingerprint density at radius 3 is 2.87 bits per heavy atom. The van der Waals surface area contributed by atoms with E-state index in [1.165, 1.54) is 9.60 Å². The fraction of sp³-hybridized carbons (Fsp3) is 0.0588. The van der Waals surface area contributed by atoms with Crippen LogP contribution in [0.3, 0.4) is 0 Å². The highest BCUT2D eigenvalue weighted by atomic mass is 79.9. The lowest BCUT2D eigenvalue weighted by Gasteiger charge is -2.12. The minimum atomic E-state index is 0.985. The largest absolute Gasteiger partial charge is 0.354 e. The number of nitrogens with zero attached hydrogens (tertiary/aromatic N) is 2. The molecule has 0 unspecified atom stereocenters. The van der Waals surface area contributed by atoms with Crippen molar-refractivity contribution in [2.24, 2.45) is 0 Å². The predicted molar refractivity (Wildman–Crippen MR) is 104 cm³/mol. The summed E-state index contributed by atoms with van der Waals surface area (Å²) in [7, 11) is 0. The van der Waals surface area contributed by atoms with Crippen molar-refractivity contribution in [2.45, 2.75) is 4.90 Å². The van der Waals surface area contributed by atoms with Gasteiger partial charge in [0.1, 0.15) is 0 Å². The van der Waals surface area contributed by atoms with Crippen LogP contribution in [0.15, 0.2) is 57.5 Å². The van der Waals surface area contributed by atoms with Gasteiger partial charge in [-0.2, -0.15) is 0 Å². The monoisotopic (exact) mass is 401 g/mol. The van der Waals surface area contributed by atoms with Crippen LogP contribution >= 0.6 is 39.0 Å². The number of thiazole rings is 1. The number of thioether (sulfide) groups is 1. The molecule has 0 radical (unpaired) electrons. The maximum absolute atomic E-state index is 4.45. The number of halogens is 1. The molecule has 4 rings (SSSR count). The van der Waals surface area contributed by atoms with Gasteiger partial charge in [0, 0.05) is 22.2 Å². The third kappa shape index (κ3) is 2.71. The summed E-state index contributed by atoms with van der Waals surface area (Å²) in [5, 5.41) is 4.63. The Morgan fingerprint density at radius 1 is 1.09 bits per heavy atom. The molecule has 0 saturated carbocycles. The second-order valence-corrected chi connectivity index (χ2v) is 7.55. The van der Waals surface area contributed by atoms with Crippen molar-refractivity contribution in [3.05, 3.63) is 52.6 Å². The SMILES string of the molecule is CSc1ccc2nccc(Nc3ccc4scnc4c3Br)c2c1. The van der Waals surface area contributed by atoms with E-state index in [9.17, 15) is 0 Å². The highest BCUT2D eigenvalue weighted by Gasteiger charge is 2.10. The molecule has 0 saturated heterocycles. The van der Waals surface area contributed by atoms with E-state index in [2.05, 4.69) is 67.8 Å². The Labute approximate surface area is 150 Å². The third-order valence-electron chi connectivity index (χ3n) is 3.66. The van der Waals surface area contributed by atoms with Crippen molar-refractivity contribution >= 4 is 71.5 Å². The number of benzene rings is 2. The molecule has 0 bridgehead atoms. The number of hydrogen-bond acceptors (Lipinski definition) is 5. The number of pyridine rings is 1. The molecule has 0 fully saturated rings. The van der Waals surface area contributed by atoms with E-state index in [1.807, 2.05) is 17.8 Å². The second kappa shape index (κ2) is 6.11. The average Bonchev–Trinajstić information content (AvgIpc) is 3.07. The van der Waals surface area contributed by atoms with Crippen LogP contribution in [0.2, 0.25) is 0 Å². The van der Waals surface area contributed by atoms with Crippen molar-refractivity contribution in [1.29, 1.82) is 0 Å². The smallest absolute Gasteiger partial charge is 0.0975 e. The zero-order valence-corrected chi connectivity index (χ0v) is 15.4. The zero-order chi connectivity index (χ0) is 15.8. The summed E-state index contributed by atoms with van der Waals surface area (Å²) in [4.78, 5) is 10.1. The van der Waals surface area contributed by atoms with Gasteiger partial charge in [0.25, 0.3) is 0 Å². The number of hydrogen-bond donors (Lipinski definition) is 1. The lowest BCUT2D eigenvalue weighted by Crippen LogP contribution is -1.94. The van der Waals surface area contributed by atoms with Crippen LogP contribution in [0.5, 0.6) is 0 Å². The number of anilines is 2. The van der Waals surface area contributed by atoms with Crippen molar-refractivity contribution in [3.8, 4) is 0 Å². The summed E-state index contributed by atoms with van der Waals surface area (Å²) in [6, 6.07) is 12.5. The molecule has 3 nitrogen and oxygen atoms in total. The molecule has 23 heavy (non-hydrogen) atoms. The molecule has 2 aromatic heterocycles. The van der Waals surface area contributed by atoms with E-state index >= 15 is 0 Å². The van der Waals surface area contributed by atoms with E-state index < -0.39 is 0 Å². The molecule has 0 aliphatic carbocycles. The van der Waals surface area contributed by atoms with Gasteiger partial charge in [-0.25, -0.2) is 4.98 Å². The number of nitrogens with one attached hydrogen (secondary N) is 1. The Kier molecular flexibility index (Phi) is 3.97. The Balaban J connectivity index is 1.83. The molecule has 0 spiro atoms. The zero-order valence-electron chi connectivity index (χ0n) is 12.2. The summed E-state index contributed by atoms with van der Waals surface area (Å²) in [5.74, 6) is 0. The fourth-order valence-electron chi connectivity index (χ4n) is 2.50. The molecule has 6 heteroatoms. The predicted octanol–water partition coefficient (Wildman–Crippen LogP) is 6.07. The average molecular weight is 402 g/mol. The van der Waals surface area contributed by atoms with Gasteiger partial charge in [0.2, 0.25) is 0 Å². The van der Waals surface area contributed by atoms with E-state index in [1.54, 1.807) is 23.1 Å². The number of rotatable bonds is 3. The fourth-order valence-corrected chi connectivity index (χ4v) is 4.30. The van der Waals surface area contributed by atoms with Gasteiger partial charge in [0.05, 0.1) is 31.4 Å². The van der Waals surface area contributed by atoms with Gasteiger partial charge in [-0.1, -0.05) is 0 Å². The third-order valence-corrected chi connectivity index (χ3v) is 5.98.